The van der Waals surface area contributed by atoms with Gasteiger partial charge in [0.15, 0.2) is 0 Å². The van der Waals surface area contributed by atoms with E-state index in [9.17, 15) is 23.9 Å². The highest BCUT2D eigenvalue weighted by Crippen LogP contribution is 2.09. The fraction of sp³-hybridized carbons (Fsp3) is 0.238. The lowest BCUT2D eigenvalue weighted by Gasteiger charge is -2.21. The fourth-order valence-electron chi connectivity index (χ4n) is 2.73. The van der Waals surface area contributed by atoms with E-state index in [4.69, 9.17) is 5.26 Å². The first-order valence-electron chi connectivity index (χ1n) is 8.82. The number of hydrogen-bond acceptors (Lipinski definition) is 4. The molecule has 0 unspecified atom stereocenters. The molecule has 0 saturated carbocycles. The highest BCUT2D eigenvalue weighted by Gasteiger charge is 2.26. The van der Waals surface area contributed by atoms with Crippen LogP contribution in [-0.4, -0.2) is 35.0 Å². The minimum Gasteiger partial charge on any atom is -0.480 e. The molecule has 0 aliphatic heterocycles. The van der Waals surface area contributed by atoms with Crippen LogP contribution in [0.4, 0.5) is 4.39 Å². The summed E-state index contributed by atoms with van der Waals surface area (Å²) in [5.41, 5.74) is 1.68. The molecule has 29 heavy (non-hydrogen) atoms. The molecular weight excluding hydrogens is 377 g/mol. The van der Waals surface area contributed by atoms with Gasteiger partial charge in [-0.2, -0.15) is 5.26 Å². The number of amides is 2. The zero-order valence-electron chi connectivity index (χ0n) is 15.7. The molecule has 2 aromatic rings. The summed E-state index contributed by atoms with van der Waals surface area (Å²) in [5, 5.41) is 23.2. The number of halogens is 1. The van der Waals surface area contributed by atoms with E-state index in [0.29, 0.717) is 16.7 Å². The SMILES string of the molecule is CC(=O)N[C@@H](Cc1ccc(F)cc1)C(=O)N[C@@H](Cc1ccc(C#N)cc1)C(=O)O. The highest BCUT2D eigenvalue weighted by molar-refractivity contribution is 5.90. The van der Waals surface area contributed by atoms with E-state index < -0.39 is 35.7 Å². The topological polar surface area (TPSA) is 119 Å². The number of nitriles is 1. The highest BCUT2D eigenvalue weighted by atomic mass is 19.1. The van der Waals surface area contributed by atoms with Crippen molar-refractivity contribution in [3.8, 4) is 6.07 Å². The molecular formula is C21H20FN3O4. The molecule has 2 atom stereocenters. The van der Waals surface area contributed by atoms with Crippen LogP contribution in [-0.2, 0) is 27.2 Å². The maximum Gasteiger partial charge on any atom is 0.326 e. The Morgan fingerprint density at radius 3 is 1.97 bits per heavy atom. The van der Waals surface area contributed by atoms with Gasteiger partial charge in [-0.05, 0) is 35.4 Å². The lowest BCUT2D eigenvalue weighted by molar-refractivity contribution is -0.142. The number of aliphatic carboxylic acids is 1. The number of benzene rings is 2. The van der Waals surface area contributed by atoms with Crippen LogP contribution < -0.4 is 10.6 Å². The lowest BCUT2D eigenvalue weighted by atomic mass is 10.0. The van der Waals surface area contributed by atoms with E-state index in [1.807, 2.05) is 6.07 Å². The van der Waals surface area contributed by atoms with Crippen molar-refractivity contribution in [3.05, 3.63) is 71.0 Å². The van der Waals surface area contributed by atoms with Crippen molar-refractivity contribution >= 4 is 17.8 Å². The van der Waals surface area contributed by atoms with E-state index in [-0.39, 0.29) is 12.8 Å². The molecule has 0 aliphatic carbocycles. The number of rotatable bonds is 8. The summed E-state index contributed by atoms with van der Waals surface area (Å²) >= 11 is 0. The minimum absolute atomic E-state index is 0.0100. The van der Waals surface area contributed by atoms with Gasteiger partial charge >= 0.3 is 5.97 Å². The summed E-state index contributed by atoms with van der Waals surface area (Å²) < 4.78 is 13.1. The number of carbonyl (C=O) groups is 3. The average molecular weight is 397 g/mol. The zero-order chi connectivity index (χ0) is 21.4. The van der Waals surface area contributed by atoms with Crippen LogP contribution in [0.3, 0.4) is 0 Å². The van der Waals surface area contributed by atoms with E-state index in [1.54, 1.807) is 24.3 Å². The molecule has 0 bridgehead atoms. The molecule has 8 heteroatoms. The van der Waals surface area contributed by atoms with E-state index in [0.717, 1.165) is 0 Å². The summed E-state index contributed by atoms with van der Waals surface area (Å²) in [5.74, 6) is -2.77. The molecule has 7 nitrogen and oxygen atoms in total. The fourth-order valence-corrected chi connectivity index (χ4v) is 2.73. The molecule has 2 amide bonds. The average Bonchev–Trinajstić information content (AvgIpc) is 2.68. The van der Waals surface area contributed by atoms with Crippen LogP contribution in [0.2, 0.25) is 0 Å². The standard InChI is InChI=1S/C21H20FN3O4/c1-13(26)24-18(10-15-6-8-17(22)9-7-15)20(27)25-19(21(28)29)11-14-2-4-16(12-23)5-3-14/h2-9,18-19H,10-11H2,1H3,(H,24,26)(H,25,27)(H,28,29)/t18-,19-/m0/s1. The van der Waals surface area contributed by atoms with Gasteiger partial charge in [0.2, 0.25) is 11.8 Å². The van der Waals surface area contributed by atoms with Gasteiger partial charge < -0.3 is 15.7 Å². The van der Waals surface area contributed by atoms with Gasteiger partial charge in [0.25, 0.3) is 0 Å². The zero-order valence-corrected chi connectivity index (χ0v) is 15.7. The monoisotopic (exact) mass is 397 g/mol. The maximum atomic E-state index is 13.1. The maximum absolute atomic E-state index is 13.1. The van der Waals surface area contributed by atoms with Crippen LogP contribution in [0.5, 0.6) is 0 Å². The Morgan fingerprint density at radius 1 is 0.966 bits per heavy atom. The molecule has 0 fully saturated rings. The van der Waals surface area contributed by atoms with Crippen molar-refractivity contribution in [2.75, 3.05) is 0 Å². The predicted molar refractivity (Wildman–Crippen MR) is 102 cm³/mol. The molecule has 0 radical (unpaired) electrons. The molecule has 150 valence electrons. The Balaban J connectivity index is 2.12. The molecule has 0 heterocycles. The van der Waals surface area contributed by atoms with Crippen LogP contribution >= 0.6 is 0 Å². The van der Waals surface area contributed by atoms with E-state index in [1.165, 1.54) is 31.2 Å². The summed E-state index contributed by atoms with van der Waals surface area (Å²) in [6.07, 6.45) is 0.0883. The Bertz CT molecular complexity index is 920. The molecule has 2 rings (SSSR count). The summed E-state index contributed by atoms with van der Waals surface area (Å²) in [4.78, 5) is 35.7. The number of carboxylic acids is 1. The number of carbonyl (C=O) groups excluding carboxylic acids is 2. The molecule has 0 aliphatic rings. The second-order valence-corrected chi connectivity index (χ2v) is 6.50. The first kappa shape index (κ1) is 21.6. The largest absolute Gasteiger partial charge is 0.480 e. The second-order valence-electron chi connectivity index (χ2n) is 6.50. The first-order chi connectivity index (χ1) is 13.8. The van der Waals surface area contributed by atoms with Crippen LogP contribution in [0, 0.1) is 17.1 Å². The predicted octanol–water partition coefficient (Wildman–Crippen LogP) is 1.56. The van der Waals surface area contributed by atoms with Crippen molar-refractivity contribution in [1.82, 2.24) is 10.6 Å². The third kappa shape index (κ3) is 6.74. The van der Waals surface area contributed by atoms with Crippen LogP contribution in [0.25, 0.3) is 0 Å². The van der Waals surface area contributed by atoms with Crippen molar-refractivity contribution in [1.29, 1.82) is 5.26 Å². The lowest BCUT2D eigenvalue weighted by Crippen LogP contribution is -2.52. The minimum atomic E-state index is -1.23. The van der Waals surface area contributed by atoms with Gasteiger partial charge in [0.05, 0.1) is 11.6 Å². The second kappa shape index (κ2) is 9.99. The number of nitrogens with one attached hydrogen (secondary N) is 2. The van der Waals surface area contributed by atoms with Crippen LogP contribution in [0.1, 0.15) is 23.6 Å². The third-order valence-electron chi connectivity index (χ3n) is 4.18. The molecule has 0 spiro atoms. The summed E-state index contributed by atoms with van der Waals surface area (Å²) in [6.45, 7) is 1.25. The van der Waals surface area contributed by atoms with E-state index in [2.05, 4.69) is 10.6 Å². The van der Waals surface area contributed by atoms with Crippen LogP contribution in [0.15, 0.2) is 48.5 Å². The summed E-state index contributed by atoms with van der Waals surface area (Å²) in [7, 11) is 0. The normalized spacial score (nSPS) is 12.3. The van der Waals surface area contributed by atoms with E-state index >= 15 is 0 Å². The van der Waals surface area contributed by atoms with Crippen molar-refractivity contribution in [2.45, 2.75) is 31.8 Å². The van der Waals surface area contributed by atoms with Crippen molar-refractivity contribution in [3.63, 3.8) is 0 Å². The number of carboxylic acid groups (broad SMARTS) is 1. The van der Waals surface area contributed by atoms with Gasteiger partial charge in [-0.25, -0.2) is 9.18 Å². The van der Waals surface area contributed by atoms with Gasteiger partial charge in [0.1, 0.15) is 17.9 Å². The quantitative estimate of drug-likeness (QED) is 0.624. The van der Waals surface area contributed by atoms with Gasteiger partial charge in [-0.3, -0.25) is 9.59 Å². The Labute approximate surface area is 167 Å². The molecule has 0 saturated heterocycles. The number of nitrogens with zero attached hydrogens (tertiary/aromatic N) is 1. The molecule has 3 N–H and O–H groups in total. The first-order valence-corrected chi connectivity index (χ1v) is 8.82. The van der Waals surface area contributed by atoms with Crippen molar-refractivity contribution in [2.24, 2.45) is 0 Å². The Kier molecular flexibility index (Phi) is 7.43. The Morgan fingerprint density at radius 2 is 1.48 bits per heavy atom. The van der Waals surface area contributed by atoms with Gasteiger partial charge in [-0.1, -0.05) is 24.3 Å². The van der Waals surface area contributed by atoms with Crippen molar-refractivity contribution < 1.29 is 23.9 Å². The van der Waals surface area contributed by atoms with Gasteiger partial charge in [0, 0.05) is 19.8 Å². The third-order valence-corrected chi connectivity index (χ3v) is 4.18. The summed E-state index contributed by atoms with van der Waals surface area (Å²) in [6, 6.07) is 11.5. The smallest absolute Gasteiger partial charge is 0.326 e. The molecule has 2 aromatic carbocycles. The number of hydrogen-bond donors (Lipinski definition) is 3. The molecule has 0 aromatic heterocycles. The van der Waals surface area contributed by atoms with Gasteiger partial charge in [-0.15, -0.1) is 0 Å². The Hall–Kier alpha value is -3.73.